The molecular weight excluding hydrogens is 424 g/mol. The third kappa shape index (κ3) is 7.16. The van der Waals surface area contributed by atoms with Crippen molar-refractivity contribution in [3.8, 4) is 0 Å². The molecule has 10 heteroatoms. The minimum atomic E-state index is -1.48. The van der Waals surface area contributed by atoms with E-state index in [9.17, 15) is 30.6 Å². The minimum absolute atomic E-state index is 0.128. The average Bonchev–Trinajstić information content (AvgIpc) is 2.78. The average molecular weight is 461 g/mol. The Balaban J connectivity index is 1.93. The second kappa shape index (κ2) is 12.9. The van der Waals surface area contributed by atoms with E-state index < -0.39 is 68.5 Å². The molecule has 0 amide bonds. The SMILES string of the molecule is C=CC(=C)CC/C=C(\C)COC1OC(CO)[C@@H](OC2CC(O)[C@H](O)C(CO)O2)C(O)C1O. The van der Waals surface area contributed by atoms with Gasteiger partial charge in [0, 0.05) is 6.42 Å². The van der Waals surface area contributed by atoms with Crippen LogP contribution in [0.5, 0.6) is 0 Å². The molecule has 7 unspecified atom stereocenters. The second-order valence-corrected chi connectivity index (χ2v) is 8.15. The first kappa shape index (κ1) is 27.1. The number of aliphatic hydroxyl groups is 6. The van der Waals surface area contributed by atoms with E-state index in [1.165, 1.54) is 0 Å². The van der Waals surface area contributed by atoms with Crippen LogP contribution in [0, 0.1) is 0 Å². The van der Waals surface area contributed by atoms with Crippen molar-refractivity contribution in [2.75, 3.05) is 19.8 Å². The number of allylic oxidation sites excluding steroid dienone is 3. The van der Waals surface area contributed by atoms with Gasteiger partial charge in [0.2, 0.25) is 0 Å². The van der Waals surface area contributed by atoms with Gasteiger partial charge in [-0.1, -0.05) is 36.5 Å². The Labute approximate surface area is 188 Å². The standard InChI is InChI=1S/C22H36O10/c1-4-12(2)6-5-7-13(3)11-29-22-20(28)19(27)21(16(10-24)31-22)32-17-8-14(25)18(26)15(9-23)30-17/h4,7,14-28H,1-2,5-6,8-11H2,3H3/b13-7+/t14?,15?,16?,17?,18-,19?,20?,21+,22?/m0/s1. The molecule has 0 aliphatic carbocycles. The number of rotatable bonds is 11. The maximum atomic E-state index is 10.6. The zero-order valence-electron chi connectivity index (χ0n) is 18.3. The van der Waals surface area contributed by atoms with Crippen molar-refractivity contribution in [3.05, 3.63) is 36.5 Å². The molecule has 2 heterocycles. The lowest BCUT2D eigenvalue weighted by Gasteiger charge is -2.44. The van der Waals surface area contributed by atoms with E-state index in [1.807, 2.05) is 13.0 Å². The van der Waals surface area contributed by atoms with Gasteiger partial charge in [-0.05, 0) is 19.8 Å². The molecule has 10 nitrogen and oxygen atoms in total. The van der Waals surface area contributed by atoms with Crippen molar-refractivity contribution in [3.63, 3.8) is 0 Å². The summed E-state index contributed by atoms with van der Waals surface area (Å²) in [6.45, 7) is 8.43. The Bertz CT molecular complexity index is 636. The second-order valence-electron chi connectivity index (χ2n) is 8.15. The lowest BCUT2D eigenvalue weighted by Crippen LogP contribution is -2.62. The van der Waals surface area contributed by atoms with Gasteiger partial charge in [0.05, 0.1) is 25.9 Å². The topological polar surface area (TPSA) is 158 Å². The molecule has 0 aromatic heterocycles. The fourth-order valence-corrected chi connectivity index (χ4v) is 3.57. The summed E-state index contributed by atoms with van der Waals surface area (Å²) in [6, 6.07) is 0. The van der Waals surface area contributed by atoms with E-state index in [0.29, 0.717) is 0 Å². The van der Waals surface area contributed by atoms with Gasteiger partial charge < -0.3 is 49.6 Å². The summed E-state index contributed by atoms with van der Waals surface area (Å²) in [5.74, 6) is 0. The van der Waals surface area contributed by atoms with Gasteiger partial charge >= 0.3 is 0 Å². The van der Waals surface area contributed by atoms with E-state index in [2.05, 4.69) is 13.2 Å². The third-order valence-electron chi connectivity index (χ3n) is 5.57. The van der Waals surface area contributed by atoms with Gasteiger partial charge in [-0.2, -0.15) is 0 Å². The smallest absolute Gasteiger partial charge is 0.187 e. The molecule has 0 aromatic rings. The highest BCUT2D eigenvalue weighted by Crippen LogP contribution is 2.29. The van der Waals surface area contributed by atoms with Crippen molar-refractivity contribution >= 4 is 0 Å². The summed E-state index contributed by atoms with van der Waals surface area (Å²) < 4.78 is 22.3. The zero-order valence-corrected chi connectivity index (χ0v) is 18.3. The van der Waals surface area contributed by atoms with Gasteiger partial charge in [0.1, 0.15) is 36.6 Å². The maximum absolute atomic E-state index is 10.6. The molecule has 2 aliphatic heterocycles. The number of hydrogen-bond donors (Lipinski definition) is 6. The van der Waals surface area contributed by atoms with Crippen molar-refractivity contribution in [2.24, 2.45) is 0 Å². The summed E-state index contributed by atoms with van der Waals surface area (Å²) in [6.07, 6.45) is -5.98. The Hall–Kier alpha value is -1.18. The fourth-order valence-electron chi connectivity index (χ4n) is 3.57. The predicted octanol–water partition coefficient (Wildman–Crippen LogP) is -0.875. The van der Waals surface area contributed by atoms with E-state index in [0.717, 1.165) is 24.0 Å². The van der Waals surface area contributed by atoms with Crippen molar-refractivity contribution < 1.29 is 49.6 Å². The molecule has 2 saturated heterocycles. The molecular formula is C22H36O10. The quantitative estimate of drug-likeness (QED) is 0.169. The number of ether oxygens (including phenoxy) is 4. The largest absolute Gasteiger partial charge is 0.394 e. The lowest BCUT2D eigenvalue weighted by molar-refractivity contribution is -0.341. The first-order valence-electron chi connectivity index (χ1n) is 10.7. The van der Waals surface area contributed by atoms with E-state index >= 15 is 0 Å². The van der Waals surface area contributed by atoms with Crippen molar-refractivity contribution in [1.82, 2.24) is 0 Å². The van der Waals surface area contributed by atoms with Crippen LogP contribution in [-0.2, 0) is 18.9 Å². The first-order chi connectivity index (χ1) is 15.2. The van der Waals surface area contributed by atoms with Crippen LogP contribution < -0.4 is 0 Å². The van der Waals surface area contributed by atoms with E-state index in [1.54, 1.807) is 6.08 Å². The van der Waals surface area contributed by atoms with Crippen LogP contribution in [0.15, 0.2) is 36.5 Å². The Morgan fingerprint density at radius 1 is 1.03 bits per heavy atom. The summed E-state index contributed by atoms with van der Waals surface area (Å²) in [7, 11) is 0. The molecule has 0 spiro atoms. The minimum Gasteiger partial charge on any atom is -0.394 e. The van der Waals surface area contributed by atoms with Gasteiger partial charge in [-0.15, -0.1) is 0 Å². The molecule has 2 fully saturated rings. The van der Waals surface area contributed by atoms with Crippen molar-refractivity contribution in [2.45, 2.75) is 81.5 Å². The van der Waals surface area contributed by atoms with Crippen LogP contribution >= 0.6 is 0 Å². The van der Waals surface area contributed by atoms with E-state index in [4.69, 9.17) is 18.9 Å². The normalized spacial score (nSPS) is 38.5. The van der Waals surface area contributed by atoms with Crippen LogP contribution in [0.1, 0.15) is 26.2 Å². The van der Waals surface area contributed by atoms with Crippen LogP contribution in [0.2, 0.25) is 0 Å². The fraction of sp³-hybridized carbons (Fsp3) is 0.727. The molecule has 0 bridgehead atoms. The van der Waals surface area contributed by atoms with Gasteiger partial charge in [-0.25, -0.2) is 0 Å². The van der Waals surface area contributed by atoms with Crippen LogP contribution in [0.3, 0.4) is 0 Å². The summed E-state index contributed by atoms with van der Waals surface area (Å²) >= 11 is 0. The molecule has 0 saturated carbocycles. The van der Waals surface area contributed by atoms with Crippen LogP contribution in [-0.4, -0.2) is 106 Å². The highest BCUT2D eigenvalue weighted by molar-refractivity contribution is 5.12. The summed E-state index contributed by atoms with van der Waals surface area (Å²) in [4.78, 5) is 0. The van der Waals surface area contributed by atoms with Crippen LogP contribution in [0.4, 0.5) is 0 Å². The summed E-state index contributed by atoms with van der Waals surface area (Å²) in [5.41, 5.74) is 1.82. The van der Waals surface area contributed by atoms with Crippen LogP contribution in [0.25, 0.3) is 0 Å². The van der Waals surface area contributed by atoms with Gasteiger partial charge in [-0.3, -0.25) is 0 Å². The predicted molar refractivity (Wildman–Crippen MR) is 113 cm³/mol. The zero-order chi connectivity index (χ0) is 23.8. The molecule has 0 radical (unpaired) electrons. The van der Waals surface area contributed by atoms with Crippen molar-refractivity contribution in [1.29, 1.82) is 0 Å². The summed E-state index contributed by atoms with van der Waals surface area (Å²) in [5, 5.41) is 59.8. The highest BCUT2D eigenvalue weighted by atomic mass is 16.7. The Kier molecular flexibility index (Phi) is 10.9. The molecule has 184 valence electrons. The molecule has 6 N–H and O–H groups in total. The molecule has 0 aromatic carbocycles. The monoisotopic (exact) mass is 460 g/mol. The molecule has 9 atom stereocenters. The molecule has 2 rings (SSSR count). The maximum Gasteiger partial charge on any atom is 0.187 e. The highest BCUT2D eigenvalue weighted by Gasteiger charge is 2.48. The Morgan fingerprint density at radius 2 is 1.72 bits per heavy atom. The number of hydrogen-bond acceptors (Lipinski definition) is 10. The third-order valence-corrected chi connectivity index (χ3v) is 5.57. The Morgan fingerprint density at radius 3 is 2.34 bits per heavy atom. The molecule has 32 heavy (non-hydrogen) atoms. The lowest BCUT2D eigenvalue weighted by atomic mass is 9.98. The van der Waals surface area contributed by atoms with Gasteiger partial charge in [0.15, 0.2) is 12.6 Å². The van der Waals surface area contributed by atoms with Gasteiger partial charge in [0.25, 0.3) is 0 Å². The number of aliphatic hydroxyl groups excluding tert-OH is 6. The molecule has 2 aliphatic rings. The first-order valence-corrected chi connectivity index (χ1v) is 10.7. The van der Waals surface area contributed by atoms with E-state index in [-0.39, 0.29) is 13.0 Å².